The van der Waals surface area contributed by atoms with Gasteiger partial charge in [0.1, 0.15) is 8.07 Å². The Morgan fingerprint density at radius 2 is 1.15 bits per heavy atom. The Morgan fingerprint density at radius 1 is 0.532 bits per heavy atom. The predicted molar refractivity (Wildman–Crippen MR) is 202 cm³/mol. The summed E-state index contributed by atoms with van der Waals surface area (Å²) in [7, 11) is -2.12. The maximum atomic E-state index is 5.64. The number of thiophene rings is 1. The minimum atomic E-state index is -2.12. The lowest BCUT2D eigenvalue weighted by Crippen LogP contribution is -2.50. The number of fused-ring (bicyclic) bond motifs is 9. The van der Waals surface area contributed by atoms with Crippen LogP contribution in [0, 0.1) is 0 Å². The van der Waals surface area contributed by atoms with Gasteiger partial charge in [0.15, 0.2) is 5.82 Å². The van der Waals surface area contributed by atoms with Gasteiger partial charge in [-0.2, -0.15) is 0 Å². The first-order chi connectivity index (χ1) is 23.1. The lowest BCUT2D eigenvalue weighted by Gasteiger charge is -2.22. The van der Waals surface area contributed by atoms with E-state index in [1.54, 1.807) is 0 Å². The Morgan fingerprint density at radius 3 is 2.02 bits per heavy atom. The lowest BCUT2D eigenvalue weighted by molar-refractivity contribution is 1.18. The molecule has 0 bridgehead atoms. The molecule has 0 atom stereocenters. The lowest BCUT2D eigenvalue weighted by atomic mass is 10.0. The van der Waals surface area contributed by atoms with Crippen LogP contribution in [0.2, 0.25) is 13.1 Å². The maximum absolute atomic E-state index is 5.64. The quantitative estimate of drug-likeness (QED) is 0.181. The normalized spacial score (nSPS) is 13.5. The number of nitrogens with zero attached hydrogens (tertiary/aromatic N) is 3. The van der Waals surface area contributed by atoms with Crippen LogP contribution in [-0.2, 0) is 0 Å². The van der Waals surface area contributed by atoms with E-state index in [0.29, 0.717) is 0 Å². The molecule has 0 saturated carbocycles. The van der Waals surface area contributed by atoms with Gasteiger partial charge in [0.05, 0.1) is 22.4 Å². The van der Waals surface area contributed by atoms with E-state index < -0.39 is 8.07 Å². The van der Waals surface area contributed by atoms with Gasteiger partial charge in [-0.3, -0.25) is 0 Å². The van der Waals surface area contributed by atoms with Crippen LogP contribution < -0.4 is 10.4 Å². The second-order valence-electron chi connectivity index (χ2n) is 13.0. The van der Waals surface area contributed by atoms with Gasteiger partial charge in [0, 0.05) is 47.8 Å². The fourth-order valence-corrected chi connectivity index (χ4v) is 12.4. The molecule has 9 aromatic rings. The van der Waals surface area contributed by atoms with Crippen molar-refractivity contribution in [1.29, 1.82) is 0 Å². The summed E-state index contributed by atoms with van der Waals surface area (Å²) in [5, 5.41) is 7.75. The third-order valence-electron chi connectivity index (χ3n) is 10.0. The van der Waals surface area contributed by atoms with Crippen LogP contribution in [0.3, 0.4) is 0 Å². The van der Waals surface area contributed by atoms with Crippen molar-refractivity contribution in [2.24, 2.45) is 0 Å². The molecule has 0 fully saturated rings. The van der Waals surface area contributed by atoms with E-state index in [9.17, 15) is 0 Å². The molecule has 0 aliphatic carbocycles. The largest absolute Gasteiger partial charge is 0.309 e. The van der Waals surface area contributed by atoms with E-state index in [-0.39, 0.29) is 0 Å². The second kappa shape index (κ2) is 9.82. The minimum absolute atomic E-state index is 0.778. The van der Waals surface area contributed by atoms with Crippen LogP contribution >= 0.6 is 11.3 Å². The van der Waals surface area contributed by atoms with Crippen molar-refractivity contribution in [2.75, 3.05) is 0 Å². The molecule has 0 spiro atoms. The molecule has 3 nitrogen and oxygen atoms in total. The molecule has 10 rings (SSSR count). The standard InChI is InChI=1S/C42H29N3SSi/c1-47(2)36-25-11-8-18-30(36)38-41(47)39(32-21-12-19-28-27-16-7-10-24-35(27)46-40(28)32)44-42(43-38)31-20-13-23-34-37(31)29-17-6-9-22-33(29)45(34)26-14-4-3-5-15-26/h3-25H,1-2H3. The van der Waals surface area contributed by atoms with Crippen molar-refractivity contribution in [1.82, 2.24) is 14.5 Å². The number of rotatable bonds is 3. The van der Waals surface area contributed by atoms with Gasteiger partial charge < -0.3 is 4.57 Å². The third kappa shape index (κ3) is 3.72. The first-order valence-corrected chi connectivity index (χ1v) is 19.9. The van der Waals surface area contributed by atoms with Gasteiger partial charge in [0.25, 0.3) is 0 Å². The summed E-state index contributed by atoms with van der Waals surface area (Å²) >= 11 is 1.87. The Hall–Kier alpha value is -5.36. The summed E-state index contributed by atoms with van der Waals surface area (Å²) in [5.41, 5.74) is 9.17. The zero-order valence-corrected chi connectivity index (χ0v) is 27.8. The predicted octanol–water partition coefficient (Wildman–Crippen LogP) is 10.1. The number of hydrogen-bond acceptors (Lipinski definition) is 3. The Bertz CT molecular complexity index is 2720. The third-order valence-corrected chi connectivity index (χ3v) is 14.7. The number of aromatic nitrogens is 3. The average molecular weight is 636 g/mol. The Labute approximate surface area is 277 Å². The summed E-state index contributed by atoms with van der Waals surface area (Å²) in [6.45, 7) is 4.92. The number of hydrogen-bond donors (Lipinski definition) is 0. The summed E-state index contributed by atoms with van der Waals surface area (Å²) in [5.74, 6) is 0.778. The van der Waals surface area contributed by atoms with Gasteiger partial charge in [-0.25, -0.2) is 9.97 Å². The zero-order valence-electron chi connectivity index (χ0n) is 26.0. The molecule has 0 amide bonds. The Kier molecular flexibility index (Phi) is 5.60. The van der Waals surface area contributed by atoms with Gasteiger partial charge >= 0.3 is 0 Å². The van der Waals surface area contributed by atoms with Gasteiger partial charge in [-0.05, 0) is 46.3 Å². The molecule has 0 N–H and O–H groups in total. The van der Waals surface area contributed by atoms with Crippen LogP contribution in [0.1, 0.15) is 0 Å². The highest BCUT2D eigenvalue weighted by Gasteiger charge is 2.42. The van der Waals surface area contributed by atoms with E-state index in [4.69, 9.17) is 9.97 Å². The topological polar surface area (TPSA) is 30.7 Å². The van der Waals surface area contributed by atoms with Crippen molar-refractivity contribution in [3.63, 3.8) is 0 Å². The number of para-hydroxylation sites is 2. The highest BCUT2D eigenvalue weighted by Crippen LogP contribution is 2.43. The monoisotopic (exact) mass is 635 g/mol. The van der Waals surface area contributed by atoms with Crippen LogP contribution in [0.4, 0.5) is 0 Å². The molecule has 0 radical (unpaired) electrons. The van der Waals surface area contributed by atoms with E-state index in [2.05, 4.69) is 157 Å². The number of benzene rings is 6. The maximum Gasteiger partial charge on any atom is 0.161 e. The molecule has 4 heterocycles. The highest BCUT2D eigenvalue weighted by molar-refractivity contribution is 7.26. The highest BCUT2D eigenvalue weighted by atomic mass is 32.1. The second-order valence-corrected chi connectivity index (χ2v) is 18.3. The molecule has 0 unspecified atom stereocenters. The molecule has 1 aliphatic heterocycles. The molecular formula is C42H29N3SSi. The SMILES string of the molecule is C[Si]1(C)c2ccccc2-c2nc(-c3cccc4c3c3ccccc3n4-c3ccccc3)nc(-c3cccc4c3sc3ccccc34)c21. The van der Waals surface area contributed by atoms with Crippen LogP contribution in [0.5, 0.6) is 0 Å². The van der Waals surface area contributed by atoms with Gasteiger partial charge in [-0.15, -0.1) is 11.3 Å². The van der Waals surface area contributed by atoms with Crippen molar-refractivity contribution in [3.05, 3.63) is 140 Å². The summed E-state index contributed by atoms with van der Waals surface area (Å²) in [6, 6.07) is 50.3. The van der Waals surface area contributed by atoms with Crippen molar-refractivity contribution in [3.8, 4) is 39.6 Å². The summed E-state index contributed by atoms with van der Waals surface area (Å²) < 4.78 is 4.96. The van der Waals surface area contributed by atoms with E-state index in [1.807, 2.05) is 11.3 Å². The molecule has 1 aliphatic rings. The van der Waals surface area contributed by atoms with E-state index in [0.717, 1.165) is 34.0 Å². The van der Waals surface area contributed by atoms with Crippen LogP contribution in [-0.4, -0.2) is 22.6 Å². The summed E-state index contributed by atoms with van der Waals surface area (Å²) in [6.07, 6.45) is 0. The van der Waals surface area contributed by atoms with Gasteiger partial charge in [0.2, 0.25) is 0 Å². The zero-order chi connectivity index (χ0) is 31.3. The van der Waals surface area contributed by atoms with E-state index in [1.165, 1.54) is 58.0 Å². The molecular weight excluding hydrogens is 607 g/mol. The fourth-order valence-electron chi connectivity index (χ4n) is 7.93. The molecule has 47 heavy (non-hydrogen) atoms. The van der Waals surface area contributed by atoms with Crippen molar-refractivity contribution < 1.29 is 0 Å². The molecule has 3 aromatic heterocycles. The van der Waals surface area contributed by atoms with Crippen molar-refractivity contribution >= 4 is 71.8 Å². The minimum Gasteiger partial charge on any atom is -0.309 e. The summed E-state index contributed by atoms with van der Waals surface area (Å²) in [4.78, 5) is 11.2. The van der Waals surface area contributed by atoms with Crippen molar-refractivity contribution in [2.45, 2.75) is 13.1 Å². The van der Waals surface area contributed by atoms with Crippen LogP contribution in [0.15, 0.2) is 140 Å². The van der Waals surface area contributed by atoms with Crippen LogP contribution in [0.25, 0.3) is 81.6 Å². The molecule has 0 saturated heterocycles. The molecule has 5 heteroatoms. The first-order valence-electron chi connectivity index (χ1n) is 16.1. The average Bonchev–Trinajstić information content (AvgIpc) is 3.74. The fraction of sp³-hybridized carbons (Fsp3) is 0.0476. The first kappa shape index (κ1) is 26.8. The van der Waals surface area contributed by atoms with E-state index >= 15 is 0 Å². The Balaban J connectivity index is 1.33. The van der Waals surface area contributed by atoms with Gasteiger partial charge in [-0.1, -0.05) is 122 Å². The molecule has 6 aromatic carbocycles. The molecule has 222 valence electrons. The smallest absolute Gasteiger partial charge is 0.161 e.